The van der Waals surface area contributed by atoms with Gasteiger partial charge in [0.25, 0.3) is 0 Å². The molecule has 4 atom stereocenters. The lowest BCUT2D eigenvalue weighted by Crippen LogP contribution is -2.72. The van der Waals surface area contributed by atoms with Crippen LogP contribution in [0.15, 0.2) is 35.3 Å². The molecule has 1 aromatic rings. The maximum atomic E-state index is 12.5. The summed E-state index contributed by atoms with van der Waals surface area (Å²) in [6.45, 7) is 6.20. The van der Waals surface area contributed by atoms with Crippen LogP contribution >= 0.6 is 24.0 Å². The van der Waals surface area contributed by atoms with E-state index in [2.05, 4.69) is 41.8 Å². The number of nitrogens with one attached hydrogen (secondary N) is 2. The lowest BCUT2D eigenvalue weighted by molar-refractivity contribution is -0.171. The van der Waals surface area contributed by atoms with Crippen LogP contribution in [0.2, 0.25) is 0 Å². The van der Waals surface area contributed by atoms with Crippen LogP contribution < -0.4 is 10.6 Å². The first-order valence-electron chi connectivity index (χ1n) is 12.2. The molecule has 4 aliphatic rings. The molecule has 7 heteroatoms. The number of aliphatic imine (C=N–C) groups is 1. The number of fused-ring (bicyclic) bond motifs is 2. The van der Waals surface area contributed by atoms with Gasteiger partial charge < -0.3 is 20.3 Å². The van der Waals surface area contributed by atoms with E-state index in [1.54, 1.807) is 0 Å². The van der Waals surface area contributed by atoms with E-state index in [1.165, 1.54) is 24.8 Å². The predicted octanol–water partition coefficient (Wildman–Crippen LogP) is 3.21. The average molecular weight is 553 g/mol. The maximum absolute atomic E-state index is 12.5. The number of amides is 1. The fourth-order valence-corrected chi connectivity index (χ4v) is 6.24. The van der Waals surface area contributed by atoms with Crippen molar-refractivity contribution in [2.75, 3.05) is 32.8 Å². The van der Waals surface area contributed by atoms with Gasteiger partial charge in [-0.3, -0.25) is 9.79 Å². The molecule has 2 aliphatic heterocycles. The molecular formula is C25H37IN4O2. The topological polar surface area (TPSA) is 66.0 Å². The molecule has 176 valence electrons. The molecule has 2 aliphatic carbocycles. The average Bonchev–Trinajstić information content (AvgIpc) is 3.32. The van der Waals surface area contributed by atoms with Crippen molar-refractivity contribution >= 4 is 35.8 Å². The second kappa shape index (κ2) is 10.3. The van der Waals surface area contributed by atoms with E-state index in [0.717, 1.165) is 45.0 Å². The van der Waals surface area contributed by atoms with Crippen LogP contribution in [0.25, 0.3) is 0 Å². The molecule has 1 aromatic carbocycles. The van der Waals surface area contributed by atoms with Gasteiger partial charge in [0.2, 0.25) is 5.91 Å². The molecule has 4 fully saturated rings. The smallest absolute Gasteiger partial charge is 0.223 e. The highest BCUT2D eigenvalue weighted by molar-refractivity contribution is 14.0. The van der Waals surface area contributed by atoms with Crippen LogP contribution in [0, 0.1) is 17.3 Å². The summed E-state index contributed by atoms with van der Waals surface area (Å²) in [6, 6.07) is 10.9. The zero-order valence-electron chi connectivity index (χ0n) is 19.1. The van der Waals surface area contributed by atoms with Gasteiger partial charge in [0.05, 0.1) is 6.10 Å². The minimum Gasteiger partial charge on any atom is -0.377 e. The summed E-state index contributed by atoms with van der Waals surface area (Å²) in [4.78, 5) is 19.4. The molecule has 2 N–H and O–H groups in total. The Bertz CT molecular complexity index is 813. The van der Waals surface area contributed by atoms with Crippen LogP contribution in [0.1, 0.15) is 44.6 Å². The number of hydrogen-bond acceptors (Lipinski definition) is 3. The lowest BCUT2D eigenvalue weighted by atomic mass is 9.46. The Morgan fingerprint density at radius 3 is 2.81 bits per heavy atom. The summed E-state index contributed by atoms with van der Waals surface area (Å²) in [6.07, 6.45) is 7.04. The third kappa shape index (κ3) is 4.52. The second-order valence-corrected chi connectivity index (χ2v) is 9.82. The molecule has 1 amide bonds. The highest BCUT2D eigenvalue weighted by Gasteiger charge is 2.66. The molecule has 5 rings (SSSR count). The highest BCUT2D eigenvalue weighted by atomic mass is 127. The monoisotopic (exact) mass is 552 g/mol. The van der Waals surface area contributed by atoms with Gasteiger partial charge in [-0.25, -0.2) is 0 Å². The second-order valence-electron chi connectivity index (χ2n) is 9.82. The van der Waals surface area contributed by atoms with E-state index >= 15 is 0 Å². The molecule has 2 saturated carbocycles. The van der Waals surface area contributed by atoms with Crippen molar-refractivity contribution in [3.05, 3.63) is 35.9 Å². The van der Waals surface area contributed by atoms with Crippen LogP contribution in [0.5, 0.6) is 0 Å². The zero-order valence-corrected chi connectivity index (χ0v) is 21.4. The van der Waals surface area contributed by atoms with E-state index in [-0.39, 0.29) is 29.9 Å². The molecule has 4 unspecified atom stereocenters. The Hall–Kier alpha value is -1.35. The molecule has 1 spiro atoms. The Labute approximate surface area is 209 Å². The molecule has 0 aromatic heterocycles. The van der Waals surface area contributed by atoms with Gasteiger partial charge in [-0.05, 0) is 38.2 Å². The third-order valence-electron chi connectivity index (χ3n) is 7.99. The molecule has 6 nitrogen and oxygen atoms in total. The number of carbonyl (C=O) groups excluding carboxylic acids is 1. The Morgan fingerprint density at radius 1 is 1.28 bits per heavy atom. The fraction of sp³-hybridized carbons (Fsp3) is 0.680. The number of carbonyl (C=O) groups is 1. The van der Waals surface area contributed by atoms with Crippen LogP contribution in [-0.2, 0) is 16.0 Å². The van der Waals surface area contributed by atoms with Gasteiger partial charge in [-0.2, -0.15) is 0 Å². The van der Waals surface area contributed by atoms with Crippen LogP contribution in [0.4, 0.5) is 0 Å². The van der Waals surface area contributed by atoms with E-state index in [9.17, 15) is 4.79 Å². The van der Waals surface area contributed by atoms with Gasteiger partial charge in [-0.1, -0.05) is 36.8 Å². The van der Waals surface area contributed by atoms with Crippen molar-refractivity contribution < 1.29 is 9.53 Å². The third-order valence-corrected chi connectivity index (χ3v) is 7.99. The standard InChI is InChI=1S/C25H36N4O2.HI/c1-2-26-24(28-22-20-10-14-31-23(20)25(22)11-6-12-25)27-16-19-15-21(30)29(17-19)13-9-18-7-4-3-5-8-18;/h3-5,7-8,19-20,22-23H,2,6,9-17H2,1H3,(H2,26,27,28);1H. The van der Waals surface area contributed by atoms with Crippen LogP contribution in [0.3, 0.4) is 0 Å². The summed E-state index contributed by atoms with van der Waals surface area (Å²) >= 11 is 0. The normalized spacial score (nSPS) is 30.3. The predicted molar refractivity (Wildman–Crippen MR) is 137 cm³/mol. The van der Waals surface area contributed by atoms with Gasteiger partial charge in [-0.15, -0.1) is 24.0 Å². The van der Waals surface area contributed by atoms with Gasteiger partial charge in [0.15, 0.2) is 5.96 Å². The maximum Gasteiger partial charge on any atom is 0.223 e. The molecule has 0 radical (unpaired) electrons. The van der Waals surface area contributed by atoms with E-state index in [1.807, 2.05) is 11.0 Å². The summed E-state index contributed by atoms with van der Waals surface area (Å²) in [5.41, 5.74) is 1.63. The molecule has 32 heavy (non-hydrogen) atoms. The Morgan fingerprint density at radius 2 is 2.09 bits per heavy atom. The van der Waals surface area contributed by atoms with E-state index in [4.69, 9.17) is 9.73 Å². The number of ether oxygens (including phenoxy) is 1. The van der Waals surface area contributed by atoms with Crippen molar-refractivity contribution in [3.63, 3.8) is 0 Å². The van der Waals surface area contributed by atoms with Crippen molar-refractivity contribution in [1.29, 1.82) is 0 Å². The summed E-state index contributed by atoms with van der Waals surface area (Å²) in [5.74, 6) is 2.12. The first kappa shape index (κ1) is 23.8. The summed E-state index contributed by atoms with van der Waals surface area (Å²) in [5, 5.41) is 7.21. The van der Waals surface area contributed by atoms with E-state index in [0.29, 0.717) is 42.4 Å². The Balaban J connectivity index is 0.00000245. The minimum atomic E-state index is 0. The van der Waals surface area contributed by atoms with E-state index < -0.39 is 0 Å². The quantitative estimate of drug-likeness (QED) is 0.310. The minimum absolute atomic E-state index is 0. The number of guanidine groups is 1. The molecule has 2 heterocycles. The number of nitrogens with zero attached hydrogens (tertiary/aromatic N) is 2. The first-order valence-corrected chi connectivity index (χ1v) is 12.2. The van der Waals surface area contributed by atoms with Crippen molar-refractivity contribution in [3.8, 4) is 0 Å². The van der Waals surface area contributed by atoms with Gasteiger partial charge in [0.1, 0.15) is 0 Å². The molecular weight excluding hydrogens is 515 g/mol. The number of likely N-dealkylation sites (tertiary alicyclic amines) is 1. The summed E-state index contributed by atoms with van der Waals surface area (Å²) < 4.78 is 6.06. The number of halogens is 1. The van der Waals surface area contributed by atoms with Crippen molar-refractivity contribution in [1.82, 2.24) is 15.5 Å². The number of benzene rings is 1. The van der Waals surface area contributed by atoms with Crippen molar-refractivity contribution in [2.24, 2.45) is 22.2 Å². The zero-order chi connectivity index (χ0) is 21.3. The van der Waals surface area contributed by atoms with Gasteiger partial charge >= 0.3 is 0 Å². The Kier molecular flexibility index (Phi) is 7.65. The molecule has 2 saturated heterocycles. The van der Waals surface area contributed by atoms with Crippen LogP contribution in [-0.4, -0.2) is 61.7 Å². The number of hydrogen-bond donors (Lipinski definition) is 2. The SMILES string of the molecule is CCNC(=NCC1CC(=O)N(CCc2ccccc2)C1)NC1C2CCOC2C12CCC2.I. The first-order chi connectivity index (χ1) is 15.2. The summed E-state index contributed by atoms with van der Waals surface area (Å²) in [7, 11) is 0. The fourth-order valence-electron chi connectivity index (χ4n) is 6.24. The lowest BCUT2D eigenvalue weighted by Gasteiger charge is -2.63. The van der Waals surface area contributed by atoms with Crippen molar-refractivity contribution in [2.45, 2.75) is 57.6 Å². The number of rotatable bonds is 7. The largest absolute Gasteiger partial charge is 0.377 e. The highest BCUT2D eigenvalue weighted by Crippen LogP contribution is 2.62. The van der Waals surface area contributed by atoms with Gasteiger partial charge in [0, 0.05) is 62.5 Å². The molecule has 0 bridgehead atoms.